The summed E-state index contributed by atoms with van der Waals surface area (Å²) in [5.74, 6) is -0.528. The van der Waals surface area contributed by atoms with Crippen LogP contribution in [0, 0.1) is 10.1 Å². The number of ether oxygens (including phenoxy) is 1. The van der Waals surface area contributed by atoms with Crippen LogP contribution in [-0.4, -0.2) is 4.92 Å². The summed E-state index contributed by atoms with van der Waals surface area (Å²) in [6.07, 6.45) is -4.62. The quantitative estimate of drug-likeness (QED) is 0.587. The van der Waals surface area contributed by atoms with Gasteiger partial charge in [0.25, 0.3) is 5.69 Å². The van der Waals surface area contributed by atoms with Crippen LogP contribution in [-0.2, 0) is 6.18 Å². The van der Waals surface area contributed by atoms with Gasteiger partial charge in [0.1, 0.15) is 5.75 Å². The topological polar surface area (TPSA) is 52.4 Å². The van der Waals surface area contributed by atoms with Gasteiger partial charge < -0.3 is 4.74 Å². The summed E-state index contributed by atoms with van der Waals surface area (Å²) in [6.45, 7) is 0. The molecule has 0 bridgehead atoms. The van der Waals surface area contributed by atoms with Crippen molar-refractivity contribution in [3.8, 4) is 11.5 Å². The Morgan fingerprint density at radius 3 is 2.24 bits per heavy atom. The first-order valence-electron chi connectivity index (χ1n) is 5.57. The van der Waals surface area contributed by atoms with E-state index in [9.17, 15) is 23.3 Å². The van der Waals surface area contributed by atoms with E-state index in [4.69, 9.17) is 16.3 Å². The van der Waals surface area contributed by atoms with E-state index in [1.54, 1.807) is 0 Å². The second kappa shape index (κ2) is 5.61. The fourth-order valence-corrected chi connectivity index (χ4v) is 1.80. The summed E-state index contributed by atoms with van der Waals surface area (Å²) >= 11 is 5.73. The first-order chi connectivity index (χ1) is 9.79. The standard InChI is InChI=1S/C13H7ClF3NO3/c14-11-3-1-2-10(13(15,16)17)12(11)21-9-6-4-8(5-7-9)18(19)20/h1-7H. The van der Waals surface area contributed by atoms with Gasteiger partial charge in [0.15, 0.2) is 5.75 Å². The minimum atomic E-state index is -4.62. The van der Waals surface area contributed by atoms with E-state index < -0.39 is 22.4 Å². The lowest BCUT2D eigenvalue weighted by Gasteiger charge is -2.14. The van der Waals surface area contributed by atoms with Gasteiger partial charge in [0.05, 0.1) is 15.5 Å². The number of rotatable bonds is 3. The molecule has 21 heavy (non-hydrogen) atoms. The molecule has 0 aliphatic heterocycles. The maximum absolute atomic E-state index is 12.9. The zero-order valence-corrected chi connectivity index (χ0v) is 11.0. The van der Waals surface area contributed by atoms with Gasteiger partial charge in [-0.2, -0.15) is 13.2 Å². The summed E-state index contributed by atoms with van der Waals surface area (Å²) in [4.78, 5) is 9.88. The maximum atomic E-state index is 12.9. The number of hydrogen-bond acceptors (Lipinski definition) is 3. The molecule has 2 aromatic carbocycles. The van der Waals surface area contributed by atoms with Crippen molar-refractivity contribution in [2.24, 2.45) is 0 Å². The lowest BCUT2D eigenvalue weighted by molar-refractivity contribution is -0.384. The van der Waals surface area contributed by atoms with E-state index >= 15 is 0 Å². The molecule has 110 valence electrons. The van der Waals surface area contributed by atoms with Gasteiger partial charge in [-0.15, -0.1) is 0 Å². The number of benzene rings is 2. The molecule has 8 heteroatoms. The largest absolute Gasteiger partial charge is 0.455 e. The highest BCUT2D eigenvalue weighted by atomic mass is 35.5. The maximum Gasteiger partial charge on any atom is 0.420 e. The third kappa shape index (κ3) is 3.43. The molecular weight excluding hydrogens is 311 g/mol. The smallest absolute Gasteiger partial charge is 0.420 e. The minimum Gasteiger partial charge on any atom is -0.455 e. The van der Waals surface area contributed by atoms with E-state index in [-0.39, 0.29) is 16.5 Å². The van der Waals surface area contributed by atoms with E-state index in [0.717, 1.165) is 24.3 Å². The number of non-ortho nitro benzene ring substituents is 1. The molecule has 0 amide bonds. The lowest BCUT2D eigenvalue weighted by atomic mass is 10.2. The molecule has 0 aromatic heterocycles. The van der Waals surface area contributed by atoms with Crippen LogP contribution in [0.1, 0.15) is 5.56 Å². The monoisotopic (exact) mass is 317 g/mol. The van der Waals surface area contributed by atoms with Gasteiger partial charge in [-0.25, -0.2) is 0 Å². The average Bonchev–Trinajstić information content (AvgIpc) is 2.40. The Kier molecular flexibility index (Phi) is 4.04. The van der Waals surface area contributed by atoms with Crippen molar-refractivity contribution in [1.82, 2.24) is 0 Å². The van der Waals surface area contributed by atoms with Gasteiger partial charge in [-0.1, -0.05) is 17.7 Å². The Hall–Kier alpha value is -2.28. The van der Waals surface area contributed by atoms with Crippen LogP contribution in [0.25, 0.3) is 0 Å². The number of hydrogen-bond donors (Lipinski definition) is 0. The Labute approximate surface area is 121 Å². The molecule has 0 unspecified atom stereocenters. The molecule has 2 aromatic rings. The van der Waals surface area contributed by atoms with Crippen LogP contribution < -0.4 is 4.74 Å². The predicted octanol–water partition coefficient (Wildman–Crippen LogP) is 5.06. The van der Waals surface area contributed by atoms with Crippen molar-refractivity contribution in [3.05, 3.63) is 63.2 Å². The third-order valence-electron chi connectivity index (χ3n) is 2.54. The van der Waals surface area contributed by atoms with Crippen LogP contribution in [0.3, 0.4) is 0 Å². The SMILES string of the molecule is O=[N+]([O-])c1ccc(Oc2c(Cl)cccc2C(F)(F)F)cc1. The molecule has 0 saturated heterocycles. The Morgan fingerprint density at radius 2 is 1.71 bits per heavy atom. The second-order valence-corrected chi connectivity index (χ2v) is 4.37. The summed E-state index contributed by atoms with van der Waals surface area (Å²) in [6, 6.07) is 7.90. The van der Waals surface area contributed by atoms with Crippen molar-refractivity contribution >= 4 is 17.3 Å². The van der Waals surface area contributed by atoms with Gasteiger partial charge >= 0.3 is 6.18 Å². The first kappa shape index (κ1) is 15.1. The average molecular weight is 318 g/mol. The second-order valence-electron chi connectivity index (χ2n) is 3.97. The van der Waals surface area contributed by atoms with Crippen LogP contribution in [0.4, 0.5) is 18.9 Å². The van der Waals surface area contributed by atoms with Crippen LogP contribution >= 0.6 is 11.6 Å². The molecule has 0 radical (unpaired) electrons. The molecule has 0 spiro atoms. The number of alkyl halides is 3. The molecule has 0 atom stereocenters. The molecule has 0 aliphatic rings. The lowest BCUT2D eigenvalue weighted by Crippen LogP contribution is -2.07. The number of nitrogens with zero attached hydrogens (tertiary/aromatic N) is 1. The summed E-state index contributed by atoms with van der Waals surface area (Å²) in [5.41, 5.74) is -1.22. The van der Waals surface area contributed by atoms with Crippen LogP contribution in [0.5, 0.6) is 11.5 Å². The molecule has 0 fully saturated rings. The summed E-state index contributed by atoms with van der Waals surface area (Å²) in [7, 11) is 0. The van der Waals surface area contributed by atoms with Gasteiger partial charge in [-0.3, -0.25) is 10.1 Å². The van der Waals surface area contributed by atoms with E-state index in [1.165, 1.54) is 18.2 Å². The van der Waals surface area contributed by atoms with E-state index in [2.05, 4.69) is 0 Å². The van der Waals surface area contributed by atoms with Crippen LogP contribution in [0.15, 0.2) is 42.5 Å². The molecule has 0 aliphatic carbocycles. The van der Waals surface area contributed by atoms with Crippen LogP contribution in [0.2, 0.25) is 5.02 Å². The normalized spacial score (nSPS) is 11.2. The van der Waals surface area contributed by atoms with Gasteiger partial charge in [0, 0.05) is 12.1 Å². The number of halogens is 4. The summed E-state index contributed by atoms with van der Waals surface area (Å²) in [5, 5.41) is 10.3. The van der Waals surface area contributed by atoms with Crippen molar-refractivity contribution in [2.45, 2.75) is 6.18 Å². The molecule has 2 rings (SSSR count). The molecule has 0 heterocycles. The zero-order valence-electron chi connectivity index (χ0n) is 10.2. The third-order valence-corrected chi connectivity index (χ3v) is 2.84. The van der Waals surface area contributed by atoms with Crippen molar-refractivity contribution in [3.63, 3.8) is 0 Å². The summed E-state index contributed by atoms with van der Waals surface area (Å²) < 4.78 is 43.7. The van der Waals surface area contributed by atoms with E-state index in [0.29, 0.717) is 0 Å². The highest BCUT2D eigenvalue weighted by Gasteiger charge is 2.35. The Bertz CT molecular complexity index is 671. The first-order valence-corrected chi connectivity index (χ1v) is 5.95. The fraction of sp³-hybridized carbons (Fsp3) is 0.0769. The van der Waals surface area contributed by atoms with Crippen molar-refractivity contribution in [1.29, 1.82) is 0 Å². The highest BCUT2D eigenvalue weighted by Crippen LogP contribution is 2.42. The molecule has 0 N–H and O–H groups in total. The molecule has 0 saturated carbocycles. The Balaban J connectivity index is 2.37. The van der Waals surface area contributed by atoms with Crippen molar-refractivity contribution in [2.75, 3.05) is 0 Å². The van der Waals surface area contributed by atoms with Gasteiger partial charge in [-0.05, 0) is 24.3 Å². The molecular formula is C13H7ClF3NO3. The number of nitro benzene ring substituents is 1. The molecule has 4 nitrogen and oxygen atoms in total. The van der Waals surface area contributed by atoms with Crippen molar-refractivity contribution < 1.29 is 22.8 Å². The predicted molar refractivity (Wildman–Crippen MR) is 69.6 cm³/mol. The van der Waals surface area contributed by atoms with E-state index in [1.807, 2.05) is 0 Å². The number of para-hydroxylation sites is 1. The zero-order chi connectivity index (χ0) is 15.6. The minimum absolute atomic E-state index is 0.0131. The fourth-order valence-electron chi connectivity index (χ4n) is 1.59. The Morgan fingerprint density at radius 1 is 1.10 bits per heavy atom. The number of nitro groups is 1. The van der Waals surface area contributed by atoms with Gasteiger partial charge in [0.2, 0.25) is 0 Å². The highest BCUT2D eigenvalue weighted by molar-refractivity contribution is 6.32.